The molecule has 5 nitrogen and oxygen atoms in total. The van der Waals surface area contributed by atoms with E-state index in [0.717, 1.165) is 0 Å². The third-order valence-electron chi connectivity index (χ3n) is 3.40. The Labute approximate surface area is 151 Å². The molecule has 134 valence electrons. The van der Waals surface area contributed by atoms with Gasteiger partial charge in [-0.25, -0.2) is 9.18 Å². The van der Waals surface area contributed by atoms with Gasteiger partial charge in [-0.15, -0.1) is 0 Å². The van der Waals surface area contributed by atoms with Crippen molar-refractivity contribution in [3.8, 4) is 11.8 Å². The van der Waals surface area contributed by atoms with Crippen LogP contribution in [0.3, 0.4) is 0 Å². The SMILES string of the molecule is COCCOC(=O)/C(C#N)=C/c1ccc(OCc2ccccc2F)cc1. The fourth-order valence-electron chi connectivity index (χ4n) is 2.04. The van der Waals surface area contributed by atoms with Crippen molar-refractivity contribution in [2.75, 3.05) is 20.3 Å². The van der Waals surface area contributed by atoms with E-state index in [0.29, 0.717) is 16.9 Å². The highest BCUT2D eigenvalue weighted by Gasteiger charge is 2.10. The lowest BCUT2D eigenvalue weighted by Crippen LogP contribution is -2.11. The second-order valence-corrected chi connectivity index (χ2v) is 5.25. The average Bonchev–Trinajstić information content (AvgIpc) is 2.66. The highest BCUT2D eigenvalue weighted by molar-refractivity contribution is 5.97. The van der Waals surface area contributed by atoms with Crippen molar-refractivity contribution in [2.45, 2.75) is 6.61 Å². The second-order valence-electron chi connectivity index (χ2n) is 5.25. The number of carbonyl (C=O) groups is 1. The zero-order valence-corrected chi connectivity index (χ0v) is 14.3. The van der Waals surface area contributed by atoms with Crippen molar-refractivity contribution in [3.05, 3.63) is 71.0 Å². The quantitative estimate of drug-likeness (QED) is 0.314. The number of benzene rings is 2. The van der Waals surface area contributed by atoms with Crippen LogP contribution in [-0.2, 0) is 20.9 Å². The van der Waals surface area contributed by atoms with E-state index in [2.05, 4.69) is 0 Å². The van der Waals surface area contributed by atoms with E-state index >= 15 is 0 Å². The minimum atomic E-state index is -0.704. The molecule has 2 aromatic carbocycles. The molecule has 0 radical (unpaired) electrons. The van der Waals surface area contributed by atoms with E-state index in [4.69, 9.17) is 19.5 Å². The Morgan fingerprint density at radius 2 is 1.88 bits per heavy atom. The summed E-state index contributed by atoms with van der Waals surface area (Å²) in [7, 11) is 1.49. The monoisotopic (exact) mass is 355 g/mol. The smallest absolute Gasteiger partial charge is 0.348 e. The molecule has 26 heavy (non-hydrogen) atoms. The lowest BCUT2D eigenvalue weighted by molar-refractivity contribution is -0.139. The Morgan fingerprint density at radius 3 is 2.54 bits per heavy atom. The van der Waals surface area contributed by atoms with Gasteiger partial charge in [-0.05, 0) is 29.8 Å². The first-order chi connectivity index (χ1) is 12.6. The van der Waals surface area contributed by atoms with Crippen molar-refractivity contribution in [2.24, 2.45) is 0 Å². The molecular formula is C20H18FNO4. The predicted octanol–water partition coefficient (Wildman–Crippen LogP) is 3.50. The molecule has 0 unspecified atom stereocenters. The van der Waals surface area contributed by atoms with Crippen LogP contribution < -0.4 is 4.74 Å². The molecule has 0 atom stereocenters. The van der Waals surface area contributed by atoms with Crippen LogP contribution in [0.2, 0.25) is 0 Å². The number of hydrogen-bond donors (Lipinski definition) is 0. The number of nitriles is 1. The normalized spacial score (nSPS) is 10.9. The summed E-state index contributed by atoms with van der Waals surface area (Å²) in [6.45, 7) is 0.451. The zero-order valence-electron chi connectivity index (χ0n) is 14.3. The molecule has 2 aromatic rings. The number of halogens is 1. The maximum atomic E-state index is 13.6. The van der Waals surface area contributed by atoms with Crippen molar-refractivity contribution >= 4 is 12.0 Å². The number of nitrogens with zero attached hydrogens (tertiary/aromatic N) is 1. The van der Waals surface area contributed by atoms with E-state index in [1.807, 2.05) is 6.07 Å². The van der Waals surface area contributed by atoms with Crippen molar-refractivity contribution in [1.82, 2.24) is 0 Å². The summed E-state index contributed by atoms with van der Waals surface area (Å²) in [6, 6.07) is 14.9. The molecule has 0 aliphatic heterocycles. The first-order valence-electron chi connectivity index (χ1n) is 7.88. The number of carbonyl (C=O) groups excluding carboxylic acids is 1. The molecule has 0 N–H and O–H groups in total. The number of esters is 1. The topological polar surface area (TPSA) is 68.5 Å². The van der Waals surface area contributed by atoms with Crippen molar-refractivity contribution in [3.63, 3.8) is 0 Å². The van der Waals surface area contributed by atoms with E-state index in [1.165, 1.54) is 19.3 Å². The first-order valence-corrected chi connectivity index (χ1v) is 7.88. The van der Waals surface area contributed by atoms with Gasteiger partial charge in [0, 0.05) is 12.7 Å². The van der Waals surface area contributed by atoms with Gasteiger partial charge in [-0.2, -0.15) is 5.26 Å². The van der Waals surface area contributed by atoms with Gasteiger partial charge >= 0.3 is 5.97 Å². The molecule has 0 saturated carbocycles. The summed E-state index contributed by atoms with van der Waals surface area (Å²) < 4.78 is 28.8. The second kappa shape index (κ2) is 9.97. The van der Waals surface area contributed by atoms with Crippen molar-refractivity contribution in [1.29, 1.82) is 5.26 Å². The molecule has 0 heterocycles. The predicted molar refractivity (Wildman–Crippen MR) is 93.6 cm³/mol. The molecule has 0 amide bonds. The Morgan fingerprint density at radius 1 is 1.15 bits per heavy atom. The molecule has 0 aromatic heterocycles. The Kier molecular flexibility index (Phi) is 7.34. The summed E-state index contributed by atoms with van der Waals surface area (Å²) in [5.74, 6) is -0.478. The molecule has 0 aliphatic carbocycles. The maximum Gasteiger partial charge on any atom is 0.348 e. The summed E-state index contributed by atoms with van der Waals surface area (Å²) in [5, 5.41) is 9.09. The minimum Gasteiger partial charge on any atom is -0.489 e. The lowest BCUT2D eigenvalue weighted by atomic mass is 10.1. The van der Waals surface area contributed by atoms with Crippen LogP contribution >= 0.6 is 0 Å². The van der Waals surface area contributed by atoms with E-state index in [-0.39, 0.29) is 31.2 Å². The summed E-state index contributed by atoms with van der Waals surface area (Å²) in [6.07, 6.45) is 1.43. The number of ether oxygens (including phenoxy) is 3. The van der Waals surface area contributed by atoms with Crippen LogP contribution in [0, 0.1) is 17.1 Å². The van der Waals surface area contributed by atoms with E-state index in [9.17, 15) is 9.18 Å². The molecule has 6 heteroatoms. The molecule has 0 aliphatic rings. The lowest BCUT2D eigenvalue weighted by Gasteiger charge is -2.07. The minimum absolute atomic E-state index is 0.0805. The first kappa shape index (κ1) is 19.2. The molecular weight excluding hydrogens is 337 g/mol. The highest BCUT2D eigenvalue weighted by Crippen LogP contribution is 2.17. The number of hydrogen-bond acceptors (Lipinski definition) is 5. The summed E-state index contributed by atoms with van der Waals surface area (Å²) in [4.78, 5) is 11.8. The van der Waals surface area contributed by atoms with Gasteiger partial charge in [0.25, 0.3) is 0 Å². The van der Waals surface area contributed by atoms with E-state index in [1.54, 1.807) is 42.5 Å². The average molecular weight is 355 g/mol. The van der Waals surface area contributed by atoms with Crippen LogP contribution in [0.15, 0.2) is 54.1 Å². The molecule has 2 rings (SSSR count). The number of methoxy groups -OCH3 is 1. The van der Waals surface area contributed by atoms with Crippen LogP contribution in [0.5, 0.6) is 5.75 Å². The largest absolute Gasteiger partial charge is 0.489 e. The van der Waals surface area contributed by atoms with Crippen LogP contribution in [0.25, 0.3) is 6.08 Å². The Hall–Kier alpha value is -3.17. The van der Waals surface area contributed by atoms with E-state index < -0.39 is 5.97 Å². The van der Waals surface area contributed by atoms with Gasteiger partial charge in [0.15, 0.2) is 0 Å². The molecule has 0 bridgehead atoms. The van der Waals surface area contributed by atoms with Gasteiger partial charge < -0.3 is 14.2 Å². The fourth-order valence-corrected chi connectivity index (χ4v) is 2.04. The van der Waals surface area contributed by atoms with Gasteiger partial charge in [0.05, 0.1) is 6.61 Å². The molecule has 0 fully saturated rings. The molecule has 0 saturated heterocycles. The van der Waals surface area contributed by atoms with Crippen LogP contribution in [-0.4, -0.2) is 26.3 Å². The maximum absolute atomic E-state index is 13.6. The van der Waals surface area contributed by atoms with Gasteiger partial charge in [-0.1, -0.05) is 30.3 Å². The third kappa shape index (κ3) is 5.72. The third-order valence-corrected chi connectivity index (χ3v) is 3.40. The molecule has 0 spiro atoms. The summed E-state index contributed by atoms with van der Waals surface area (Å²) >= 11 is 0. The summed E-state index contributed by atoms with van der Waals surface area (Å²) in [5.41, 5.74) is 0.992. The Bertz CT molecular complexity index is 809. The standard InChI is InChI=1S/C20H18FNO4/c1-24-10-11-25-20(23)17(13-22)12-15-6-8-18(9-7-15)26-14-16-4-2-3-5-19(16)21/h2-9,12H,10-11,14H2,1H3/b17-12+. The van der Waals surface area contributed by atoms with Crippen LogP contribution in [0.4, 0.5) is 4.39 Å². The van der Waals surface area contributed by atoms with Gasteiger partial charge in [-0.3, -0.25) is 0 Å². The highest BCUT2D eigenvalue weighted by atomic mass is 19.1. The Balaban J connectivity index is 1.98. The fraction of sp³-hybridized carbons (Fsp3) is 0.200. The number of rotatable bonds is 8. The van der Waals surface area contributed by atoms with Crippen molar-refractivity contribution < 1.29 is 23.4 Å². The zero-order chi connectivity index (χ0) is 18.8. The van der Waals surface area contributed by atoms with Gasteiger partial charge in [0.2, 0.25) is 0 Å². The van der Waals surface area contributed by atoms with Gasteiger partial charge in [0.1, 0.15) is 36.4 Å². The van der Waals surface area contributed by atoms with Crippen LogP contribution in [0.1, 0.15) is 11.1 Å².